The van der Waals surface area contributed by atoms with Gasteiger partial charge in [-0.1, -0.05) is 6.42 Å². The van der Waals surface area contributed by atoms with Gasteiger partial charge in [-0.25, -0.2) is 4.98 Å². The van der Waals surface area contributed by atoms with Gasteiger partial charge < -0.3 is 15.2 Å². The minimum Gasteiger partial charge on any atom is -0.473 e. The van der Waals surface area contributed by atoms with Crippen LogP contribution in [0.25, 0.3) is 5.70 Å². The molecule has 1 aromatic heterocycles. The van der Waals surface area contributed by atoms with Gasteiger partial charge in [-0.3, -0.25) is 14.5 Å². The zero-order valence-electron chi connectivity index (χ0n) is 21.1. The van der Waals surface area contributed by atoms with Gasteiger partial charge in [0.25, 0.3) is 0 Å². The average Bonchev–Trinajstić information content (AvgIpc) is 3.54. The highest BCUT2D eigenvalue weighted by molar-refractivity contribution is 6.17. The summed E-state index contributed by atoms with van der Waals surface area (Å²) in [5.41, 5.74) is 7.39. The molecule has 0 unspecified atom stereocenters. The van der Waals surface area contributed by atoms with E-state index in [4.69, 9.17) is 25.2 Å². The Labute approximate surface area is 207 Å². The maximum absolute atomic E-state index is 13.7. The number of nitrogens with two attached hydrogens (primary N) is 1. The molecule has 8 nitrogen and oxygen atoms in total. The van der Waals surface area contributed by atoms with Crippen molar-refractivity contribution in [3.63, 3.8) is 0 Å². The highest BCUT2D eigenvalue weighted by Crippen LogP contribution is 2.45. The number of aromatic nitrogens is 2. The van der Waals surface area contributed by atoms with E-state index in [0.29, 0.717) is 67.9 Å². The number of rotatable bonds is 5. The Balaban J connectivity index is 1.49. The number of Topliss-reactive ketones (excluding diaryl/α,β-unsaturated/α-hetero) is 2. The number of hydrogen-bond acceptors (Lipinski definition) is 8. The van der Waals surface area contributed by atoms with Crippen LogP contribution in [0, 0.1) is 5.41 Å². The molecule has 0 aromatic carbocycles. The van der Waals surface area contributed by atoms with Crippen molar-refractivity contribution in [2.24, 2.45) is 11.1 Å². The summed E-state index contributed by atoms with van der Waals surface area (Å²) in [5, 5.41) is 0. The van der Waals surface area contributed by atoms with Crippen LogP contribution in [0.3, 0.4) is 0 Å². The summed E-state index contributed by atoms with van der Waals surface area (Å²) in [5.74, 6) is 0.942. The SMILES string of the molecule is C[C@H](Oc1cc([C@@H]2CCOC2)nc(C(N)=C2CCC[C@@]3(CCCCC3=O)C2=O)n1)[C@@H]1CCCN1C. The van der Waals surface area contributed by atoms with Crippen LogP contribution in [-0.2, 0) is 14.3 Å². The Morgan fingerprint density at radius 1 is 1.17 bits per heavy atom. The van der Waals surface area contributed by atoms with Crippen LogP contribution in [0.4, 0.5) is 0 Å². The molecule has 5 rings (SSSR count). The Morgan fingerprint density at radius 3 is 2.71 bits per heavy atom. The maximum Gasteiger partial charge on any atom is 0.217 e. The number of likely N-dealkylation sites (tertiary alicyclic amines) is 1. The quantitative estimate of drug-likeness (QED) is 0.503. The van der Waals surface area contributed by atoms with Gasteiger partial charge in [-0.15, -0.1) is 0 Å². The second-order valence-electron chi connectivity index (χ2n) is 10.8. The molecule has 0 amide bonds. The highest BCUT2D eigenvalue weighted by Gasteiger charge is 2.49. The molecule has 2 saturated carbocycles. The number of carbonyl (C=O) groups excluding carboxylic acids is 2. The third kappa shape index (κ3) is 4.62. The average molecular weight is 483 g/mol. The number of nitrogens with zero attached hydrogens (tertiary/aromatic N) is 3. The first kappa shape index (κ1) is 24.4. The smallest absolute Gasteiger partial charge is 0.217 e. The van der Waals surface area contributed by atoms with Crippen molar-refractivity contribution in [2.75, 3.05) is 26.8 Å². The van der Waals surface area contributed by atoms with Crippen LogP contribution >= 0.6 is 0 Å². The molecule has 2 saturated heterocycles. The zero-order chi connectivity index (χ0) is 24.6. The second-order valence-corrected chi connectivity index (χ2v) is 10.8. The van der Waals surface area contributed by atoms with E-state index in [-0.39, 0.29) is 23.6 Å². The van der Waals surface area contributed by atoms with Crippen molar-refractivity contribution < 1.29 is 19.1 Å². The molecule has 1 aromatic rings. The number of hydrogen-bond donors (Lipinski definition) is 1. The molecule has 1 spiro atoms. The Morgan fingerprint density at radius 2 is 2.00 bits per heavy atom. The summed E-state index contributed by atoms with van der Waals surface area (Å²) in [6, 6.07) is 2.24. The Hall–Kier alpha value is -2.32. The van der Waals surface area contributed by atoms with Gasteiger partial charge in [0, 0.05) is 36.6 Å². The van der Waals surface area contributed by atoms with Crippen molar-refractivity contribution in [3.05, 3.63) is 23.2 Å². The van der Waals surface area contributed by atoms with Crippen LogP contribution in [0.15, 0.2) is 11.6 Å². The Bertz CT molecular complexity index is 1010. The van der Waals surface area contributed by atoms with Crippen molar-refractivity contribution in [2.45, 2.75) is 89.2 Å². The van der Waals surface area contributed by atoms with Crippen molar-refractivity contribution in [1.29, 1.82) is 0 Å². The lowest BCUT2D eigenvalue weighted by Gasteiger charge is -2.38. The molecule has 35 heavy (non-hydrogen) atoms. The molecule has 190 valence electrons. The van der Waals surface area contributed by atoms with E-state index in [1.807, 2.05) is 6.07 Å². The monoisotopic (exact) mass is 482 g/mol. The van der Waals surface area contributed by atoms with Crippen LogP contribution in [0.5, 0.6) is 5.88 Å². The van der Waals surface area contributed by atoms with E-state index in [9.17, 15) is 9.59 Å². The lowest BCUT2D eigenvalue weighted by atomic mass is 9.62. The molecular formula is C27H38N4O4. The van der Waals surface area contributed by atoms with Gasteiger partial charge in [-0.05, 0) is 71.9 Å². The second kappa shape index (κ2) is 9.97. The molecule has 0 radical (unpaired) electrons. The Kier molecular flexibility index (Phi) is 6.95. The molecule has 2 N–H and O–H groups in total. The molecule has 4 fully saturated rings. The summed E-state index contributed by atoms with van der Waals surface area (Å²) in [6.07, 6.45) is 7.94. The highest BCUT2D eigenvalue weighted by atomic mass is 16.5. The van der Waals surface area contributed by atoms with Crippen molar-refractivity contribution >= 4 is 17.3 Å². The number of ether oxygens (including phenoxy) is 2. The summed E-state index contributed by atoms with van der Waals surface area (Å²) in [6.45, 7) is 4.45. The van der Waals surface area contributed by atoms with Crippen molar-refractivity contribution in [3.8, 4) is 5.88 Å². The lowest BCUT2D eigenvalue weighted by molar-refractivity contribution is -0.143. The molecule has 2 aliphatic heterocycles. The number of allylic oxidation sites excluding steroid dienone is 1. The molecule has 0 bridgehead atoms. The minimum atomic E-state index is -0.895. The van der Waals surface area contributed by atoms with Crippen LogP contribution in [-0.4, -0.2) is 65.4 Å². The van der Waals surface area contributed by atoms with Crippen LogP contribution < -0.4 is 10.5 Å². The topological polar surface area (TPSA) is 108 Å². The summed E-state index contributed by atoms with van der Waals surface area (Å²) in [4.78, 5) is 38.4. The standard InChI is InChI=1S/C27H38N4O4/c1-17(21-8-6-13-31(21)2)35-23-15-20(18-10-14-34-16-18)29-26(30-23)24(28)19-7-5-12-27(25(19)33)11-4-3-9-22(27)32/h15,17-18,21H,3-14,16,28H2,1-2H3/t17-,18+,21-,27+/m0/s1. The van der Waals surface area contributed by atoms with E-state index in [0.717, 1.165) is 50.8 Å². The molecule has 4 atom stereocenters. The van der Waals surface area contributed by atoms with Gasteiger partial charge in [0.2, 0.25) is 5.88 Å². The first-order chi connectivity index (χ1) is 16.9. The zero-order valence-corrected chi connectivity index (χ0v) is 21.1. The fraction of sp³-hybridized carbons (Fsp3) is 0.704. The number of carbonyl (C=O) groups is 2. The minimum absolute atomic E-state index is 0.0359. The summed E-state index contributed by atoms with van der Waals surface area (Å²) < 4.78 is 12.0. The first-order valence-corrected chi connectivity index (χ1v) is 13.3. The third-order valence-electron chi connectivity index (χ3n) is 8.59. The van der Waals surface area contributed by atoms with E-state index >= 15 is 0 Å². The number of likely N-dealkylation sites (N-methyl/N-ethyl adjacent to an activating group) is 1. The molecule has 8 heteroatoms. The number of ketones is 2. The fourth-order valence-corrected chi connectivity index (χ4v) is 6.47. The summed E-state index contributed by atoms with van der Waals surface area (Å²) in [7, 11) is 2.13. The van der Waals surface area contributed by atoms with E-state index in [1.54, 1.807) is 0 Å². The van der Waals surface area contributed by atoms with E-state index in [1.165, 1.54) is 0 Å². The van der Waals surface area contributed by atoms with Gasteiger partial charge in [0.15, 0.2) is 11.6 Å². The third-order valence-corrected chi connectivity index (χ3v) is 8.59. The predicted octanol–water partition coefficient (Wildman–Crippen LogP) is 3.39. The molecule has 4 aliphatic rings. The van der Waals surface area contributed by atoms with Gasteiger partial charge in [-0.2, -0.15) is 4.98 Å². The lowest BCUT2D eigenvalue weighted by Crippen LogP contribution is -2.45. The van der Waals surface area contributed by atoms with Crippen molar-refractivity contribution in [1.82, 2.24) is 14.9 Å². The van der Waals surface area contributed by atoms with Crippen LogP contribution in [0.2, 0.25) is 0 Å². The normalized spacial score (nSPS) is 32.3. The van der Waals surface area contributed by atoms with E-state index < -0.39 is 5.41 Å². The fourth-order valence-electron chi connectivity index (χ4n) is 6.47. The first-order valence-electron chi connectivity index (χ1n) is 13.3. The molecular weight excluding hydrogens is 444 g/mol. The van der Waals surface area contributed by atoms with Gasteiger partial charge in [0.1, 0.15) is 11.9 Å². The summed E-state index contributed by atoms with van der Waals surface area (Å²) >= 11 is 0. The predicted molar refractivity (Wildman–Crippen MR) is 132 cm³/mol. The van der Waals surface area contributed by atoms with Gasteiger partial charge >= 0.3 is 0 Å². The molecule has 2 aliphatic carbocycles. The molecule has 3 heterocycles. The maximum atomic E-state index is 13.7. The largest absolute Gasteiger partial charge is 0.473 e. The van der Waals surface area contributed by atoms with E-state index in [2.05, 4.69) is 18.9 Å². The van der Waals surface area contributed by atoms with Crippen LogP contribution in [0.1, 0.15) is 88.6 Å². The van der Waals surface area contributed by atoms with Gasteiger partial charge in [0.05, 0.1) is 23.4 Å².